The van der Waals surface area contributed by atoms with Gasteiger partial charge in [-0.3, -0.25) is 4.98 Å². The molecule has 4 nitrogen and oxygen atoms in total. The van der Waals surface area contributed by atoms with E-state index in [4.69, 9.17) is 9.47 Å². The van der Waals surface area contributed by atoms with Gasteiger partial charge >= 0.3 is 6.18 Å². The highest BCUT2D eigenvalue weighted by atomic mass is 19.4. The van der Waals surface area contributed by atoms with Gasteiger partial charge in [-0.25, -0.2) is 0 Å². The smallest absolute Gasteiger partial charge is 0.348 e. The van der Waals surface area contributed by atoms with Gasteiger partial charge < -0.3 is 14.8 Å². The Bertz CT molecular complexity index is 474. The summed E-state index contributed by atoms with van der Waals surface area (Å²) in [5, 5.41) is 3.21. The van der Waals surface area contributed by atoms with Crippen molar-refractivity contribution in [2.75, 3.05) is 13.2 Å². The molecular formula is C14H19F3N2O2. The van der Waals surface area contributed by atoms with Crippen molar-refractivity contribution in [3.8, 4) is 0 Å². The van der Waals surface area contributed by atoms with Crippen molar-refractivity contribution in [1.29, 1.82) is 0 Å². The fourth-order valence-corrected chi connectivity index (χ4v) is 2.12. The van der Waals surface area contributed by atoms with Crippen molar-refractivity contribution >= 4 is 0 Å². The van der Waals surface area contributed by atoms with Crippen LogP contribution in [0.4, 0.5) is 13.2 Å². The number of nitrogens with zero attached hydrogens (tertiary/aromatic N) is 1. The SMILES string of the molecule is C[C@H](NCC1COC(C)(C)O1)c1ccc(C(F)(F)F)nc1. The molecule has 118 valence electrons. The third-order valence-corrected chi connectivity index (χ3v) is 3.30. The van der Waals surface area contributed by atoms with Crippen LogP contribution in [0.15, 0.2) is 18.3 Å². The Hall–Kier alpha value is -1.18. The number of nitrogens with one attached hydrogen (secondary N) is 1. The van der Waals surface area contributed by atoms with Gasteiger partial charge in [0.1, 0.15) is 5.69 Å². The van der Waals surface area contributed by atoms with E-state index in [-0.39, 0.29) is 12.1 Å². The molecular weight excluding hydrogens is 285 g/mol. The molecule has 0 aliphatic carbocycles. The Labute approximate surface area is 121 Å². The van der Waals surface area contributed by atoms with E-state index in [0.717, 1.165) is 6.07 Å². The largest absolute Gasteiger partial charge is 0.433 e. The monoisotopic (exact) mass is 304 g/mol. The number of pyridine rings is 1. The predicted molar refractivity (Wildman–Crippen MR) is 70.6 cm³/mol. The molecule has 2 heterocycles. The highest BCUT2D eigenvalue weighted by Crippen LogP contribution is 2.28. The van der Waals surface area contributed by atoms with Crippen LogP contribution in [0.3, 0.4) is 0 Å². The van der Waals surface area contributed by atoms with Crippen LogP contribution in [0.5, 0.6) is 0 Å². The third-order valence-electron chi connectivity index (χ3n) is 3.30. The molecule has 0 saturated carbocycles. The van der Waals surface area contributed by atoms with E-state index in [2.05, 4.69) is 10.3 Å². The molecule has 1 aromatic rings. The highest BCUT2D eigenvalue weighted by molar-refractivity contribution is 5.18. The molecule has 1 aliphatic heterocycles. The molecule has 0 bridgehead atoms. The molecule has 1 aliphatic rings. The van der Waals surface area contributed by atoms with Gasteiger partial charge in [-0.05, 0) is 32.4 Å². The van der Waals surface area contributed by atoms with Gasteiger partial charge in [-0.1, -0.05) is 6.07 Å². The Morgan fingerprint density at radius 2 is 2.14 bits per heavy atom. The molecule has 0 spiro atoms. The molecule has 0 amide bonds. The minimum absolute atomic E-state index is 0.0649. The predicted octanol–water partition coefficient (Wildman–Crippen LogP) is 2.90. The van der Waals surface area contributed by atoms with Crippen LogP contribution in [0.1, 0.15) is 38.1 Å². The third kappa shape index (κ3) is 4.39. The van der Waals surface area contributed by atoms with Crippen LogP contribution in [-0.4, -0.2) is 30.0 Å². The van der Waals surface area contributed by atoms with E-state index in [1.165, 1.54) is 12.3 Å². The van der Waals surface area contributed by atoms with Crippen LogP contribution in [0.25, 0.3) is 0 Å². The number of hydrogen-bond acceptors (Lipinski definition) is 4. The maximum Gasteiger partial charge on any atom is 0.433 e. The summed E-state index contributed by atoms with van der Waals surface area (Å²) >= 11 is 0. The summed E-state index contributed by atoms with van der Waals surface area (Å²) in [5.41, 5.74) is -0.186. The fourth-order valence-electron chi connectivity index (χ4n) is 2.12. The first-order valence-corrected chi connectivity index (χ1v) is 6.76. The molecule has 1 unspecified atom stereocenters. The van der Waals surface area contributed by atoms with Gasteiger partial charge in [0.05, 0.1) is 12.7 Å². The maximum atomic E-state index is 12.4. The molecule has 1 fully saturated rings. The first-order chi connectivity index (χ1) is 9.67. The summed E-state index contributed by atoms with van der Waals surface area (Å²) < 4.78 is 48.4. The normalized spacial score (nSPS) is 23.2. The second kappa shape index (κ2) is 5.90. The number of rotatable bonds is 4. The van der Waals surface area contributed by atoms with Crippen LogP contribution in [-0.2, 0) is 15.7 Å². The Balaban J connectivity index is 1.87. The summed E-state index contributed by atoms with van der Waals surface area (Å²) in [6, 6.07) is 2.31. The van der Waals surface area contributed by atoms with Crippen molar-refractivity contribution in [2.45, 2.75) is 44.9 Å². The maximum absolute atomic E-state index is 12.4. The number of alkyl halides is 3. The van der Waals surface area contributed by atoms with Gasteiger partial charge in [-0.15, -0.1) is 0 Å². The molecule has 7 heteroatoms. The Morgan fingerprint density at radius 3 is 2.62 bits per heavy atom. The lowest BCUT2D eigenvalue weighted by atomic mass is 10.1. The van der Waals surface area contributed by atoms with Gasteiger partial charge in [0.15, 0.2) is 5.79 Å². The van der Waals surface area contributed by atoms with Gasteiger partial charge in [0, 0.05) is 18.8 Å². The van der Waals surface area contributed by atoms with Crippen molar-refractivity contribution in [3.05, 3.63) is 29.6 Å². The van der Waals surface area contributed by atoms with Crippen LogP contribution < -0.4 is 5.32 Å². The molecule has 2 atom stereocenters. The zero-order chi connectivity index (χ0) is 15.7. The molecule has 0 aromatic carbocycles. The minimum atomic E-state index is -4.41. The minimum Gasteiger partial charge on any atom is -0.348 e. The lowest BCUT2D eigenvalue weighted by Gasteiger charge is -2.19. The van der Waals surface area contributed by atoms with Crippen molar-refractivity contribution in [1.82, 2.24) is 10.3 Å². The molecule has 1 aromatic heterocycles. The van der Waals surface area contributed by atoms with Crippen molar-refractivity contribution in [3.63, 3.8) is 0 Å². The average molecular weight is 304 g/mol. The first kappa shape index (κ1) is 16.2. The zero-order valence-corrected chi connectivity index (χ0v) is 12.2. The zero-order valence-electron chi connectivity index (χ0n) is 12.2. The standard InChI is InChI=1S/C14H19F3N2O2/c1-9(18-7-11-8-20-13(2,3)21-11)10-4-5-12(19-6-10)14(15,16)17/h4-6,9,11,18H,7-8H2,1-3H3/t9-,11?/m0/s1. The Morgan fingerprint density at radius 1 is 1.43 bits per heavy atom. The molecule has 21 heavy (non-hydrogen) atoms. The van der Waals surface area contributed by atoms with E-state index in [0.29, 0.717) is 18.7 Å². The summed E-state index contributed by atoms with van der Waals surface area (Å²) in [5.74, 6) is -0.578. The lowest BCUT2D eigenvalue weighted by molar-refractivity contribution is -0.141. The summed E-state index contributed by atoms with van der Waals surface area (Å²) in [7, 11) is 0. The van der Waals surface area contributed by atoms with Crippen LogP contribution in [0.2, 0.25) is 0 Å². The number of aromatic nitrogens is 1. The van der Waals surface area contributed by atoms with Gasteiger partial charge in [0.25, 0.3) is 0 Å². The Kier molecular flexibility index (Phi) is 4.55. The van der Waals surface area contributed by atoms with E-state index < -0.39 is 17.7 Å². The van der Waals surface area contributed by atoms with Gasteiger partial charge in [-0.2, -0.15) is 13.2 Å². The van der Waals surface area contributed by atoms with E-state index >= 15 is 0 Å². The lowest BCUT2D eigenvalue weighted by Crippen LogP contribution is -2.32. The number of halogens is 3. The van der Waals surface area contributed by atoms with Crippen molar-refractivity contribution < 1.29 is 22.6 Å². The van der Waals surface area contributed by atoms with Crippen LogP contribution >= 0.6 is 0 Å². The topological polar surface area (TPSA) is 43.4 Å². The quantitative estimate of drug-likeness (QED) is 0.929. The average Bonchev–Trinajstić information content (AvgIpc) is 2.75. The number of hydrogen-bond donors (Lipinski definition) is 1. The fraction of sp³-hybridized carbons (Fsp3) is 0.643. The summed E-state index contributed by atoms with van der Waals surface area (Å²) in [6.45, 7) is 6.61. The summed E-state index contributed by atoms with van der Waals surface area (Å²) in [4.78, 5) is 3.45. The van der Waals surface area contributed by atoms with Crippen molar-refractivity contribution in [2.24, 2.45) is 0 Å². The first-order valence-electron chi connectivity index (χ1n) is 6.76. The highest BCUT2D eigenvalue weighted by Gasteiger charge is 2.33. The summed E-state index contributed by atoms with van der Waals surface area (Å²) in [6.07, 6.45) is -3.23. The molecule has 1 N–H and O–H groups in total. The molecule has 2 rings (SSSR count). The van der Waals surface area contributed by atoms with E-state index in [1.807, 2.05) is 20.8 Å². The molecule has 0 radical (unpaired) electrons. The van der Waals surface area contributed by atoms with E-state index in [9.17, 15) is 13.2 Å². The van der Waals surface area contributed by atoms with Gasteiger partial charge in [0.2, 0.25) is 0 Å². The molecule has 1 saturated heterocycles. The second-order valence-corrected chi connectivity index (χ2v) is 5.56. The second-order valence-electron chi connectivity index (χ2n) is 5.56. The van der Waals surface area contributed by atoms with Crippen LogP contribution in [0, 0.1) is 0 Å². The van der Waals surface area contributed by atoms with E-state index in [1.54, 1.807) is 0 Å². The number of ether oxygens (including phenoxy) is 2.